The molecule has 0 aliphatic heterocycles. The molecule has 0 unspecified atom stereocenters. The van der Waals surface area contributed by atoms with Crippen molar-refractivity contribution in [2.24, 2.45) is 5.73 Å². The Balaban J connectivity index is 2.42. The van der Waals surface area contributed by atoms with E-state index in [0.29, 0.717) is 11.7 Å². The van der Waals surface area contributed by atoms with E-state index in [1.807, 2.05) is 13.0 Å². The van der Waals surface area contributed by atoms with E-state index in [-0.39, 0.29) is 6.04 Å². The van der Waals surface area contributed by atoms with Crippen LogP contribution in [-0.4, -0.2) is 15.1 Å². The fourth-order valence-corrected chi connectivity index (χ4v) is 1.23. The minimum Gasteiger partial charge on any atom is -0.337 e. The molecule has 2 rings (SSSR count). The first-order valence-electron chi connectivity index (χ1n) is 4.68. The maximum Gasteiger partial charge on any atom is 0.243 e. The molecule has 2 N–H and O–H groups in total. The minimum absolute atomic E-state index is 0.247. The lowest BCUT2D eigenvalue weighted by Crippen LogP contribution is -2.04. The predicted octanol–water partition coefficient (Wildman–Crippen LogP) is 1.46. The highest BCUT2D eigenvalue weighted by molar-refractivity contribution is 5.57. The van der Waals surface area contributed by atoms with Crippen molar-refractivity contribution in [3.05, 3.63) is 29.9 Å². The number of pyridine rings is 1. The average molecular weight is 204 g/mol. The summed E-state index contributed by atoms with van der Waals surface area (Å²) in [4.78, 5) is 8.22. The van der Waals surface area contributed by atoms with E-state index >= 15 is 0 Å². The molecule has 2 heterocycles. The number of rotatable bonds is 2. The first-order chi connectivity index (χ1) is 7.18. The average Bonchev–Trinajstić information content (AvgIpc) is 2.67. The quantitative estimate of drug-likeness (QED) is 0.801. The van der Waals surface area contributed by atoms with Crippen LogP contribution >= 0.6 is 0 Å². The van der Waals surface area contributed by atoms with Crippen molar-refractivity contribution in [3.63, 3.8) is 0 Å². The van der Waals surface area contributed by atoms with Crippen LogP contribution in [0.15, 0.2) is 23.0 Å². The van der Waals surface area contributed by atoms with Crippen LogP contribution in [-0.2, 0) is 0 Å². The molecule has 2 aromatic rings. The van der Waals surface area contributed by atoms with E-state index in [4.69, 9.17) is 10.3 Å². The summed E-state index contributed by atoms with van der Waals surface area (Å²) < 4.78 is 5.02. The van der Waals surface area contributed by atoms with Gasteiger partial charge in [-0.3, -0.25) is 4.98 Å². The number of nitrogens with zero attached hydrogens (tertiary/aromatic N) is 3. The first kappa shape index (κ1) is 9.79. The molecule has 78 valence electrons. The second-order valence-corrected chi connectivity index (χ2v) is 3.44. The van der Waals surface area contributed by atoms with Crippen molar-refractivity contribution in [2.75, 3.05) is 0 Å². The Morgan fingerprint density at radius 2 is 2.27 bits per heavy atom. The summed E-state index contributed by atoms with van der Waals surface area (Å²) >= 11 is 0. The lowest BCUT2D eigenvalue weighted by Gasteiger charge is -1.97. The topological polar surface area (TPSA) is 77.8 Å². The maximum absolute atomic E-state index is 5.63. The Morgan fingerprint density at radius 1 is 1.47 bits per heavy atom. The number of nitrogens with two attached hydrogens (primary N) is 1. The van der Waals surface area contributed by atoms with E-state index < -0.39 is 0 Å². The first-order valence-corrected chi connectivity index (χ1v) is 4.68. The molecule has 0 radical (unpaired) electrons. The number of aromatic nitrogens is 3. The molecule has 0 saturated heterocycles. The van der Waals surface area contributed by atoms with Gasteiger partial charge in [-0.25, -0.2) is 0 Å². The van der Waals surface area contributed by atoms with Gasteiger partial charge in [-0.05, 0) is 25.5 Å². The molecule has 0 spiro atoms. The van der Waals surface area contributed by atoms with Crippen LogP contribution in [0.5, 0.6) is 0 Å². The number of hydrogen-bond donors (Lipinski definition) is 1. The summed E-state index contributed by atoms with van der Waals surface area (Å²) in [5, 5.41) is 3.86. The third kappa shape index (κ3) is 1.87. The van der Waals surface area contributed by atoms with Crippen molar-refractivity contribution in [2.45, 2.75) is 19.9 Å². The van der Waals surface area contributed by atoms with Crippen molar-refractivity contribution >= 4 is 0 Å². The standard InChI is InChI=1S/C10H12N4O/c1-6-3-4-12-5-8(6)9-13-10(7(2)11)15-14-9/h3-5,7H,11H2,1-2H3/t7-/m1/s1. The Bertz CT molecular complexity index is 464. The van der Waals surface area contributed by atoms with Crippen LogP contribution < -0.4 is 5.73 Å². The van der Waals surface area contributed by atoms with E-state index in [1.54, 1.807) is 19.3 Å². The Labute approximate surface area is 87.3 Å². The summed E-state index contributed by atoms with van der Waals surface area (Å²) in [7, 11) is 0. The molecule has 0 aromatic carbocycles. The zero-order valence-corrected chi connectivity index (χ0v) is 8.64. The molecule has 0 amide bonds. The fourth-order valence-electron chi connectivity index (χ4n) is 1.23. The van der Waals surface area contributed by atoms with Gasteiger partial charge in [0.1, 0.15) is 0 Å². The molecular formula is C10H12N4O. The summed E-state index contributed by atoms with van der Waals surface area (Å²) in [5.74, 6) is 0.973. The Kier molecular flexibility index (Phi) is 2.47. The van der Waals surface area contributed by atoms with Gasteiger partial charge in [0.2, 0.25) is 11.7 Å². The second-order valence-electron chi connectivity index (χ2n) is 3.44. The molecule has 0 aliphatic rings. The summed E-state index contributed by atoms with van der Waals surface area (Å²) in [6, 6.07) is 1.65. The van der Waals surface area contributed by atoms with Gasteiger partial charge in [0.15, 0.2) is 0 Å². The van der Waals surface area contributed by atoms with Crippen molar-refractivity contribution in [1.29, 1.82) is 0 Å². The van der Waals surface area contributed by atoms with Gasteiger partial charge in [0.25, 0.3) is 0 Å². The third-order valence-electron chi connectivity index (χ3n) is 2.11. The molecule has 1 atom stereocenters. The molecule has 0 saturated carbocycles. The van der Waals surface area contributed by atoms with Gasteiger partial charge < -0.3 is 10.3 Å². The predicted molar refractivity (Wildman–Crippen MR) is 54.9 cm³/mol. The van der Waals surface area contributed by atoms with E-state index in [2.05, 4.69) is 15.1 Å². The molecule has 0 fully saturated rings. The Hall–Kier alpha value is -1.75. The lowest BCUT2D eigenvalue weighted by molar-refractivity contribution is 0.362. The van der Waals surface area contributed by atoms with Crippen LogP contribution in [0.1, 0.15) is 24.4 Å². The maximum atomic E-state index is 5.63. The third-order valence-corrected chi connectivity index (χ3v) is 2.11. The van der Waals surface area contributed by atoms with E-state index in [0.717, 1.165) is 11.1 Å². The van der Waals surface area contributed by atoms with Crippen LogP contribution in [0.4, 0.5) is 0 Å². The van der Waals surface area contributed by atoms with Crippen molar-refractivity contribution in [3.8, 4) is 11.4 Å². The van der Waals surface area contributed by atoms with E-state index in [1.165, 1.54) is 0 Å². The molecule has 0 aliphatic carbocycles. The van der Waals surface area contributed by atoms with Gasteiger partial charge in [-0.15, -0.1) is 0 Å². The minimum atomic E-state index is -0.247. The normalized spacial score (nSPS) is 12.7. The van der Waals surface area contributed by atoms with Crippen molar-refractivity contribution < 1.29 is 4.52 Å². The SMILES string of the molecule is Cc1ccncc1-c1noc([C@@H](C)N)n1. The smallest absolute Gasteiger partial charge is 0.243 e. The van der Waals surface area contributed by atoms with Crippen LogP contribution in [0.3, 0.4) is 0 Å². The van der Waals surface area contributed by atoms with Crippen LogP contribution in [0, 0.1) is 6.92 Å². The zero-order valence-electron chi connectivity index (χ0n) is 8.64. The fraction of sp³-hybridized carbons (Fsp3) is 0.300. The number of hydrogen-bond acceptors (Lipinski definition) is 5. The highest BCUT2D eigenvalue weighted by Crippen LogP contribution is 2.19. The van der Waals surface area contributed by atoms with Crippen molar-refractivity contribution in [1.82, 2.24) is 15.1 Å². The monoisotopic (exact) mass is 204 g/mol. The van der Waals surface area contributed by atoms with Crippen LogP contribution in [0.2, 0.25) is 0 Å². The summed E-state index contributed by atoms with van der Waals surface area (Å²) in [6.07, 6.45) is 3.44. The van der Waals surface area contributed by atoms with Crippen LogP contribution in [0.25, 0.3) is 11.4 Å². The highest BCUT2D eigenvalue weighted by Gasteiger charge is 2.12. The summed E-state index contributed by atoms with van der Waals surface area (Å²) in [5.41, 5.74) is 7.56. The Morgan fingerprint density at radius 3 is 2.87 bits per heavy atom. The molecular weight excluding hydrogens is 192 g/mol. The van der Waals surface area contributed by atoms with Gasteiger partial charge in [-0.1, -0.05) is 5.16 Å². The zero-order chi connectivity index (χ0) is 10.8. The highest BCUT2D eigenvalue weighted by atomic mass is 16.5. The lowest BCUT2D eigenvalue weighted by atomic mass is 10.1. The molecule has 0 bridgehead atoms. The van der Waals surface area contributed by atoms with Gasteiger partial charge in [0.05, 0.1) is 6.04 Å². The second kappa shape index (κ2) is 3.78. The summed E-state index contributed by atoms with van der Waals surface area (Å²) in [6.45, 7) is 3.77. The molecule has 5 nitrogen and oxygen atoms in total. The molecule has 5 heteroatoms. The molecule has 2 aromatic heterocycles. The largest absolute Gasteiger partial charge is 0.337 e. The van der Waals surface area contributed by atoms with Gasteiger partial charge in [0, 0.05) is 18.0 Å². The molecule has 15 heavy (non-hydrogen) atoms. The van der Waals surface area contributed by atoms with Gasteiger partial charge >= 0.3 is 0 Å². The van der Waals surface area contributed by atoms with E-state index in [9.17, 15) is 0 Å². The number of aryl methyl sites for hydroxylation is 1. The van der Waals surface area contributed by atoms with Gasteiger partial charge in [-0.2, -0.15) is 4.98 Å².